The Morgan fingerprint density at radius 2 is 0.871 bits per heavy atom. The number of methoxy groups -OCH3 is 1. The molecule has 0 bridgehead atoms. The number of aliphatic carboxylic acids is 3. The number of ether oxygens (including phenoxy) is 1. The first kappa shape index (κ1) is 105. The number of ketones is 1. The molecule has 1 aliphatic rings. The fraction of sp³-hybridized carbons (Fsp3) is 0.382. The summed E-state index contributed by atoms with van der Waals surface area (Å²) in [4.78, 5) is 195. The molecule has 38 nitrogen and oxygen atoms in total. The number of amides is 11. The summed E-state index contributed by atoms with van der Waals surface area (Å²) in [6.45, 7) is 0.0603. The highest BCUT2D eigenvalue weighted by atomic mass is 127. The smallest absolute Gasteiger partial charge is 0.490 e. The minimum absolute atomic E-state index is 0.00431. The van der Waals surface area contributed by atoms with Gasteiger partial charge in [-0.05, 0) is 120 Å². The lowest BCUT2D eigenvalue weighted by molar-refractivity contribution is -0.193. The van der Waals surface area contributed by atoms with Crippen LogP contribution in [0.25, 0.3) is 0 Å². The average molecular weight is 1880 g/mol. The number of benzene rings is 5. The molecule has 1 heterocycles. The molecule has 0 saturated carbocycles. The molecule has 11 amide bonds. The molecule has 27 N–H and O–H groups in total. The molecular formula is C76H92F9IN18O20. The second-order valence-corrected chi connectivity index (χ2v) is 28.2. The number of phenolic OH excluding ortho intramolecular Hbond substituents is 1. The molecule has 5 aromatic rings. The van der Waals surface area contributed by atoms with Crippen LogP contribution in [0.5, 0.6) is 11.5 Å². The van der Waals surface area contributed by atoms with Crippen molar-refractivity contribution >= 4 is 123 Å². The van der Waals surface area contributed by atoms with E-state index in [2.05, 4.69) is 47.9 Å². The number of aromatic hydroxyl groups is 1. The zero-order valence-electron chi connectivity index (χ0n) is 65.6. The first-order valence-electron chi connectivity index (χ1n) is 36.9. The van der Waals surface area contributed by atoms with Gasteiger partial charge in [-0.2, -0.15) is 39.5 Å². The van der Waals surface area contributed by atoms with Gasteiger partial charge in [0.2, 0.25) is 65.0 Å². The highest BCUT2D eigenvalue weighted by Crippen LogP contribution is 2.25. The van der Waals surface area contributed by atoms with Crippen molar-refractivity contribution in [2.75, 3.05) is 26.7 Å². The summed E-state index contributed by atoms with van der Waals surface area (Å²) in [6.07, 6.45) is -17.4. The van der Waals surface area contributed by atoms with Crippen molar-refractivity contribution in [3.05, 3.63) is 164 Å². The van der Waals surface area contributed by atoms with Gasteiger partial charge in [-0.15, -0.1) is 0 Å². The number of phenols is 1. The van der Waals surface area contributed by atoms with Crippen molar-refractivity contribution in [2.45, 2.75) is 156 Å². The van der Waals surface area contributed by atoms with Gasteiger partial charge in [0.05, 0.1) is 23.1 Å². The van der Waals surface area contributed by atoms with E-state index in [1.807, 2.05) is 22.6 Å². The Labute approximate surface area is 713 Å². The number of likely N-dealkylation sites (tertiary alicyclic amines) is 1. The van der Waals surface area contributed by atoms with Gasteiger partial charge in [-0.25, -0.2) is 14.4 Å². The number of hydrogen-bond donors (Lipinski definition) is 21. The maximum atomic E-state index is 14.9. The number of rotatable bonds is 40. The molecule has 1 unspecified atom stereocenters. The number of hydrogen-bond acceptors (Lipinski definition) is 20. The summed E-state index contributed by atoms with van der Waals surface area (Å²) in [5.41, 5.74) is 37.5. The second kappa shape index (κ2) is 50.7. The summed E-state index contributed by atoms with van der Waals surface area (Å²) in [5.74, 6) is -19.1. The fourth-order valence-corrected chi connectivity index (χ4v) is 11.8. The highest BCUT2D eigenvalue weighted by Gasteiger charge is 2.43. The van der Waals surface area contributed by atoms with Crippen molar-refractivity contribution in [3.63, 3.8) is 0 Å². The van der Waals surface area contributed by atoms with Crippen molar-refractivity contribution in [1.29, 1.82) is 10.8 Å². The van der Waals surface area contributed by atoms with Crippen LogP contribution in [0.3, 0.4) is 0 Å². The van der Waals surface area contributed by atoms with Gasteiger partial charge < -0.3 is 112 Å². The third-order valence-electron chi connectivity index (χ3n) is 17.4. The summed E-state index contributed by atoms with van der Waals surface area (Å²) in [7, 11) is 1.47. The number of carboxylic acid groups (broad SMARTS) is 3. The van der Waals surface area contributed by atoms with E-state index in [0.717, 1.165) is 0 Å². The zero-order chi connectivity index (χ0) is 93.5. The SMILES string of the molecule is COc1ccc(C[C@@H](NC(=O)C(N)Cc2ccc(C(=O)c3ccccc3)cc2)C(=O)N[C@@H](Cc2ccccc2)C(=O)N[C@@H](CCC(N)=O)C(=O)N[C@@H](CC(N)=O)C(=O)N[C@@H](CCCNC(=N)N)C(=O)N2CCC[C@H]2C(=O)N[C@@H](CCCNC(=N)N)C(=O)N[C@@H](Cc2ccc(O)c(I)c2)C(N)=O)cc1.O=C(O)C(F)(F)F.O=C(O)C(F)(F)F.O=C(O)C(F)(F)F. The van der Waals surface area contributed by atoms with Crippen molar-refractivity contribution in [3.8, 4) is 11.5 Å². The number of carbonyl (C=O) groups is 15. The monoisotopic (exact) mass is 1870 g/mol. The van der Waals surface area contributed by atoms with Crippen LogP contribution in [0.2, 0.25) is 0 Å². The van der Waals surface area contributed by atoms with Gasteiger partial charge in [-0.3, -0.25) is 68.4 Å². The molecule has 0 radical (unpaired) electrons. The molecule has 1 aliphatic heterocycles. The van der Waals surface area contributed by atoms with E-state index in [-0.39, 0.29) is 101 Å². The van der Waals surface area contributed by atoms with Gasteiger partial charge in [0.15, 0.2) is 17.7 Å². The van der Waals surface area contributed by atoms with Gasteiger partial charge in [-0.1, -0.05) is 103 Å². The molecule has 5 aromatic carbocycles. The van der Waals surface area contributed by atoms with Gasteiger partial charge >= 0.3 is 36.4 Å². The molecule has 1 saturated heterocycles. The Kier molecular flexibility index (Phi) is 42.8. The first-order valence-corrected chi connectivity index (χ1v) is 37.9. The standard InChI is InChI=1S/C70H89IN18O14.3C2HF3O2/c1-103-45-25-20-41(21-26-45)36-52(86-61(95)47(72)34-40-18-23-44(24-19-40)59(93)43-13-6-3-7-14-43)65(99)87-53(35-39-11-4-2-5-12-39)64(98)82-49(27-29-57(73)91)63(97)88-54(38-58(74)92)66(100)84-50(16-9-31-81-70(78)79)68(102)89-32-10-17-55(89)67(101)83-48(15-8-30-80-69(76)77)62(96)85-51(60(75)94)37-42-22-28-56(90)46(71)33-42;3*3-2(4,5)1(6)7/h2-7,11-14,18-26,28,33,47-55,90H,8-10,15-17,27,29-32,34-38,72H2,1H3,(H2,73,91)(H2,74,92)(H2,75,94)(H,82,98)(H,83,101)(H,84,100)(H,85,96)(H,86,95)(H,87,99)(H,88,97)(H4,76,77,80)(H4,78,79,81);3*(H,6,7)/t47?,48-,49-,50-,51-,52+,53-,54-,55-;;;/m0.../s1. The minimum atomic E-state index is -5.08. The molecule has 124 heavy (non-hydrogen) atoms. The number of carboxylic acids is 3. The summed E-state index contributed by atoms with van der Waals surface area (Å²) in [5, 5.41) is 70.1. The number of alkyl halides is 9. The van der Waals surface area contributed by atoms with Crippen molar-refractivity contribution in [1.82, 2.24) is 52.8 Å². The molecule has 0 spiro atoms. The lowest BCUT2D eigenvalue weighted by Crippen LogP contribution is -2.61. The number of carbonyl (C=O) groups excluding carboxylic acids is 12. The summed E-state index contributed by atoms with van der Waals surface area (Å²) in [6, 6.07) is 21.6. The third kappa shape index (κ3) is 38.5. The Morgan fingerprint density at radius 1 is 0.484 bits per heavy atom. The lowest BCUT2D eigenvalue weighted by Gasteiger charge is -2.31. The highest BCUT2D eigenvalue weighted by molar-refractivity contribution is 14.1. The number of nitrogens with zero attached hydrogens (tertiary/aromatic N) is 1. The molecule has 48 heteroatoms. The Balaban J connectivity index is 0.00000167. The summed E-state index contributed by atoms with van der Waals surface area (Å²) >= 11 is 1.89. The number of guanidine groups is 2. The quantitative estimate of drug-likeness (QED) is 0.00625. The van der Waals surface area contributed by atoms with Crippen LogP contribution in [0.4, 0.5) is 39.5 Å². The van der Waals surface area contributed by atoms with Crippen LogP contribution in [0.15, 0.2) is 127 Å². The second-order valence-electron chi connectivity index (χ2n) is 27.0. The fourth-order valence-electron chi connectivity index (χ4n) is 11.3. The average Bonchev–Trinajstić information content (AvgIpc) is 1.60. The van der Waals surface area contributed by atoms with Gasteiger partial charge in [0.1, 0.15) is 59.8 Å². The molecule has 0 aromatic heterocycles. The Hall–Kier alpha value is -13.5. The predicted molar refractivity (Wildman–Crippen MR) is 428 cm³/mol. The topological polar surface area (TPSA) is 662 Å². The molecule has 1 fully saturated rings. The molecule has 6 rings (SSSR count). The molecule has 676 valence electrons. The largest absolute Gasteiger partial charge is 0.507 e. The normalized spacial score (nSPS) is 14.1. The van der Waals surface area contributed by atoms with Crippen LogP contribution < -0.4 is 87.0 Å². The minimum Gasteiger partial charge on any atom is -0.507 e. The van der Waals surface area contributed by atoms with Crippen LogP contribution in [0.1, 0.15) is 96.0 Å². The van der Waals surface area contributed by atoms with Crippen molar-refractivity contribution < 1.29 is 137 Å². The van der Waals surface area contributed by atoms with Crippen LogP contribution >= 0.6 is 22.6 Å². The van der Waals surface area contributed by atoms with Gasteiger partial charge in [0, 0.05) is 56.4 Å². The molecular weight excluding hydrogens is 1780 g/mol. The van der Waals surface area contributed by atoms with Gasteiger partial charge in [0.25, 0.3) is 0 Å². The van der Waals surface area contributed by atoms with E-state index >= 15 is 0 Å². The third-order valence-corrected chi connectivity index (χ3v) is 18.3. The predicted octanol–water partition coefficient (Wildman–Crippen LogP) is 0.272. The lowest BCUT2D eigenvalue weighted by atomic mass is 9.99. The number of nitrogens with one attached hydrogen (secondary N) is 11. The summed E-state index contributed by atoms with van der Waals surface area (Å²) < 4.78 is 101. The maximum absolute atomic E-state index is 14.9. The van der Waals surface area contributed by atoms with E-state index in [4.69, 9.17) is 79.7 Å². The number of nitrogens with two attached hydrogens (primary N) is 6. The van der Waals surface area contributed by atoms with Crippen LogP contribution in [-0.2, 0) is 92.8 Å². The van der Waals surface area contributed by atoms with Crippen molar-refractivity contribution in [2.24, 2.45) is 34.4 Å². The van der Waals surface area contributed by atoms with E-state index in [0.29, 0.717) is 42.7 Å². The number of halogens is 10. The maximum Gasteiger partial charge on any atom is 0.490 e. The van der Waals surface area contributed by atoms with E-state index in [9.17, 15) is 102 Å². The van der Waals surface area contributed by atoms with Crippen LogP contribution in [0, 0.1) is 14.4 Å². The van der Waals surface area contributed by atoms with E-state index in [1.165, 1.54) is 18.1 Å². The molecule has 9 atom stereocenters. The number of primary amides is 3. The van der Waals surface area contributed by atoms with Crippen LogP contribution in [-0.4, -0.2) is 226 Å². The van der Waals surface area contributed by atoms with E-state index in [1.54, 1.807) is 121 Å². The Bertz CT molecular complexity index is 4490. The van der Waals surface area contributed by atoms with E-state index < -0.39 is 181 Å². The molecule has 0 aliphatic carbocycles. The zero-order valence-corrected chi connectivity index (χ0v) is 67.8. The Morgan fingerprint density at radius 3 is 1.33 bits per heavy atom. The first-order chi connectivity index (χ1) is 57.9.